The zero-order chi connectivity index (χ0) is 13.0. The molecule has 0 radical (unpaired) electrons. The fraction of sp³-hybridized carbons (Fsp3) is 0.600. The third-order valence-corrected chi connectivity index (χ3v) is 4.02. The summed E-state index contributed by atoms with van der Waals surface area (Å²) >= 11 is 3.51. The lowest BCUT2D eigenvalue weighted by Gasteiger charge is -2.28. The van der Waals surface area contributed by atoms with Gasteiger partial charge in [0.05, 0.1) is 0 Å². The Balaban J connectivity index is 1.90. The van der Waals surface area contributed by atoms with E-state index < -0.39 is 0 Å². The first kappa shape index (κ1) is 13.9. The third-order valence-electron chi connectivity index (χ3n) is 3.46. The van der Waals surface area contributed by atoms with Gasteiger partial charge in [0.1, 0.15) is 11.9 Å². The van der Waals surface area contributed by atoms with E-state index in [2.05, 4.69) is 52.9 Å². The monoisotopic (exact) mass is 311 g/mol. The van der Waals surface area contributed by atoms with Gasteiger partial charge in [-0.15, -0.1) is 0 Å². The molecule has 0 N–H and O–H groups in total. The number of hydrogen-bond acceptors (Lipinski definition) is 2. The van der Waals surface area contributed by atoms with Gasteiger partial charge >= 0.3 is 0 Å². The summed E-state index contributed by atoms with van der Waals surface area (Å²) in [6.07, 6.45) is 2.56. The second-order valence-corrected chi connectivity index (χ2v) is 5.98. The molecule has 1 heterocycles. The van der Waals surface area contributed by atoms with Crippen molar-refractivity contribution >= 4 is 15.9 Å². The van der Waals surface area contributed by atoms with Crippen LogP contribution in [0.5, 0.6) is 5.75 Å². The standard InChI is InChI=1S/C15H22BrNO/c1-12(2)17(9-5-8-16)11-14-10-13-6-3-4-7-15(13)18-14/h3-4,6-7,12,14H,5,8-11H2,1-2H3. The van der Waals surface area contributed by atoms with Crippen LogP contribution in [-0.4, -0.2) is 35.5 Å². The van der Waals surface area contributed by atoms with Crippen LogP contribution >= 0.6 is 15.9 Å². The number of ether oxygens (including phenoxy) is 1. The number of alkyl halides is 1. The molecule has 2 nitrogen and oxygen atoms in total. The molecule has 1 aromatic carbocycles. The van der Waals surface area contributed by atoms with E-state index in [1.54, 1.807) is 0 Å². The molecular formula is C15H22BrNO. The van der Waals surface area contributed by atoms with E-state index in [0.717, 1.165) is 30.6 Å². The largest absolute Gasteiger partial charge is 0.488 e. The second-order valence-electron chi connectivity index (χ2n) is 5.18. The molecule has 1 aromatic rings. The van der Waals surface area contributed by atoms with Gasteiger partial charge in [0.25, 0.3) is 0 Å². The SMILES string of the molecule is CC(C)N(CCCBr)CC1Cc2ccccc2O1. The molecule has 0 fully saturated rings. The Morgan fingerprint density at radius 3 is 2.83 bits per heavy atom. The lowest BCUT2D eigenvalue weighted by Crippen LogP contribution is -2.40. The topological polar surface area (TPSA) is 12.5 Å². The highest BCUT2D eigenvalue weighted by molar-refractivity contribution is 9.09. The molecule has 2 rings (SSSR count). The molecule has 18 heavy (non-hydrogen) atoms. The van der Waals surface area contributed by atoms with E-state index in [4.69, 9.17) is 4.74 Å². The van der Waals surface area contributed by atoms with Gasteiger partial charge in [-0.25, -0.2) is 0 Å². The van der Waals surface area contributed by atoms with Gasteiger partial charge in [-0.3, -0.25) is 4.90 Å². The van der Waals surface area contributed by atoms with E-state index in [9.17, 15) is 0 Å². The molecule has 1 aliphatic rings. The number of nitrogens with zero attached hydrogens (tertiary/aromatic N) is 1. The molecule has 0 aromatic heterocycles. The van der Waals surface area contributed by atoms with E-state index in [-0.39, 0.29) is 0 Å². The summed E-state index contributed by atoms with van der Waals surface area (Å²) in [7, 11) is 0. The van der Waals surface area contributed by atoms with Gasteiger partial charge in [0.2, 0.25) is 0 Å². The van der Waals surface area contributed by atoms with E-state index in [1.165, 1.54) is 12.0 Å². The Morgan fingerprint density at radius 2 is 2.17 bits per heavy atom. The second kappa shape index (κ2) is 6.58. The Hall–Kier alpha value is -0.540. The van der Waals surface area contributed by atoms with Crippen LogP contribution in [0.2, 0.25) is 0 Å². The maximum atomic E-state index is 6.01. The molecule has 1 aliphatic heterocycles. The van der Waals surface area contributed by atoms with Crippen molar-refractivity contribution in [3.05, 3.63) is 29.8 Å². The minimum atomic E-state index is 0.320. The maximum Gasteiger partial charge on any atom is 0.123 e. The zero-order valence-corrected chi connectivity index (χ0v) is 12.8. The lowest BCUT2D eigenvalue weighted by molar-refractivity contribution is 0.128. The number of rotatable bonds is 6. The molecule has 100 valence electrons. The van der Waals surface area contributed by atoms with Crippen LogP contribution in [0.25, 0.3) is 0 Å². The quantitative estimate of drug-likeness (QED) is 0.746. The number of para-hydroxylation sites is 1. The van der Waals surface area contributed by atoms with E-state index in [0.29, 0.717) is 12.1 Å². The molecule has 0 amide bonds. The molecule has 0 aliphatic carbocycles. The Morgan fingerprint density at radius 1 is 1.39 bits per heavy atom. The molecule has 0 saturated heterocycles. The summed E-state index contributed by atoms with van der Waals surface area (Å²) in [5.41, 5.74) is 1.35. The van der Waals surface area contributed by atoms with Crippen LogP contribution in [0.1, 0.15) is 25.8 Å². The first-order valence-corrected chi connectivity index (χ1v) is 7.87. The van der Waals surface area contributed by atoms with Gasteiger partial charge < -0.3 is 4.74 Å². The number of benzene rings is 1. The summed E-state index contributed by atoms with van der Waals surface area (Å²) in [6, 6.07) is 8.97. The summed E-state index contributed by atoms with van der Waals surface area (Å²) in [5.74, 6) is 1.08. The number of hydrogen-bond donors (Lipinski definition) is 0. The fourth-order valence-electron chi connectivity index (χ4n) is 2.44. The molecule has 1 unspecified atom stereocenters. The molecule has 0 bridgehead atoms. The Kier molecular flexibility index (Phi) is 5.07. The minimum Gasteiger partial charge on any atom is -0.488 e. The third kappa shape index (κ3) is 3.48. The first-order valence-electron chi connectivity index (χ1n) is 6.75. The van der Waals surface area contributed by atoms with Crippen molar-refractivity contribution in [2.45, 2.75) is 38.8 Å². The normalized spacial score (nSPS) is 18.2. The van der Waals surface area contributed by atoms with Crippen LogP contribution in [0, 0.1) is 0 Å². The van der Waals surface area contributed by atoms with Crippen LogP contribution in [0.15, 0.2) is 24.3 Å². The van der Waals surface area contributed by atoms with Gasteiger partial charge in [0, 0.05) is 24.3 Å². The highest BCUT2D eigenvalue weighted by Crippen LogP contribution is 2.28. The fourth-order valence-corrected chi connectivity index (χ4v) is 2.69. The lowest BCUT2D eigenvalue weighted by atomic mass is 10.1. The van der Waals surface area contributed by atoms with Crippen molar-refractivity contribution in [3.63, 3.8) is 0 Å². The van der Waals surface area contributed by atoms with Crippen molar-refractivity contribution in [1.82, 2.24) is 4.90 Å². The van der Waals surface area contributed by atoms with Gasteiger partial charge in [-0.2, -0.15) is 0 Å². The van der Waals surface area contributed by atoms with E-state index in [1.807, 2.05) is 6.07 Å². The Bertz CT molecular complexity index is 356. The van der Waals surface area contributed by atoms with Crippen molar-refractivity contribution in [2.75, 3.05) is 18.4 Å². The summed E-state index contributed by atoms with van der Waals surface area (Å²) < 4.78 is 6.01. The predicted molar refractivity (Wildman–Crippen MR) is 79.7 cm³/mol. The molecule has 1 atom stereocenters. The molecule has 3 heteroatoms. The molecule has 0 spiro atoms. The average molecular weight is 312 g/mol. The first-order chi connectivity index (χ1) is 8.70. The van der Waals surface area contributed by atoms with Crippen LogP contribution in [-0.2, 0) is 6.42 Å². The van der Waals surface area contributed by atoms with E-state index >= 15 is 0 Å². The van der Waals surface area contributed by atoms with Crippen molar-refractivity contribution in [1.29, 1.82) is 0 Å². The predicted octanol–water partition coefficient (Wildman–Crippen LogP) is 3.49. The van der Waals surface area contributed by atoms with Gasteiger partial charge in [-0.1, -0.05) is 34.1 Å². The van der Waals surface area contributed by atoms with Crippen molar-refractivity contribution in [3.8, 4) is 5.75 Å². The maximum absolute atomic E-state index is 6.01. The number of fused-ring (bicyclic) bond motifs is 1. The molecular weight excluding hydrogens is 290 g/mol. The van der Waals surface area contributed by atoms with Gasteiger partial charge in [-0.05, 0) is 38.4 Å². The van der Waals surface area contributed by atoms with Crippen LogP contribution in [0.3, 0.4) is 0 Å². The van der Waals surface area contributed by atoms with Crippen molar-refractivity contribution in [2.24, 2.45) is 0 Å². The summed E-state index contributed by atoms with van der Waals surface area (Å²) in [5, 5.41) is 1.07. The minimum absolute atomic E-state index is 0.320. The highest BCUT2D eigenvalue weighted by atomic mass is 79.9. The Labute approximate surface area is 118 Å². The summed E-state index contributed by atoms with van der Waals surface area (Å²) in [6.45, 7) is 6.69. The summed E-state index contributed by atoms with van der Waals surface area (Å²) in [4.78, 5) is 2.51. The smallest absolute Gasteiger partial charge is 0.123 e. The zero-order valence-electron chi connectivity index (χ0n) is 11.2. The average Bonchev–Trinajstić information content (AvgIpc) is 2.76. The molecule has 0 saturated carbocycles. The highest BCUT2D eigenvalue weighted by Gasteiger charge is 2.25. The van der Waals surface area contributed by atoms with Crippen molar-refractivity contribution < 1.29 is 4.74 Å². The van der Waals surface area contributed by atoms with Crippen LogP contribution in [0.4, 0.5) is 0 Å². The van der Waals surface area contributed by atoms with Gasteiger partial charge in [0.15, 0.2) is 0 Å². The number of halogens is 1. The van der Waals surface area contributed by atoms with Crippen LogP contribution < -0.4 is 4.74 Å².